The fourth-order valence-electron chi connectivity index (χ4n) is 9.58. The molecule has 4 aliphatic rings. The lowest BCUT2D eigenvalue weighted by Gasteiger charge is -2.58. The standard InChI is InChI=1S/C32H50N/c1-23(2)10-9-11-24(3)28-14-15-29-27-13-12-25-22-26(33-20-7-6-8-21-33)16-18-31(25,4)30(27)17-19-32(28,29)5/h6-8,12,20-21,23-24,26-30H,9-11,13-19,22H2,1-5H3/q+1/t24-,26?,27?,28-,29?,30?,31+,32-/m1/s1. The molecule has 182 valence electrons. The average Bonchev–Trinajstić information content (AvgIpc) is 3.16. The molecule has 0 bridgehead atoms. The summed E-state index contributed by atoms with van der Waals surface area (Å²) in [5.74, 6) is 5.61. The van der Waals surface area contributed by atoms with Crippen molar-refractivity contribution in [3.8, 4) is 0 Å². The Morgan fingerprint density at radius 1 is 0.909 bits per heavy atom. The lowest BCUT2D eigenvalue weighted by Crippen LogP contribution is -2.52. The molecule has 0 aromatic carbocycles. The summed E-state index contributed by atoms with van der Waals surface area (Å²) in [4.78, 5) is 0. The Kier molecular flexibility index (Phi) is 6.56. The van der Waals surface area contributed by atoms with E-state index in [0.717, 1.165) is 35.5 Å². The van der Waals surface area contributed by atoms with Gasteiger partial charge in [-0.1, -0.05) is 71.6 Å². The van der Waals surface area contributed by atoms with Gasteiger partial charge in [0.05, 0.1) is 0 Å². The van der Waals surface area contributed by atoms with Crippen LogP contribution in [-0.2, 0) is 0 Å². The van der Waals surface area contributed by atoms with E-state index in [1.165, 1.54) is 70.6 Å². The molecule has 0 saturated heterocycles. The first-order valence-electron chi connectivity index (χ1n) is 14.5. The highest BCUT2D eigenvalue weighted by Crippen LogP contribution is 2.67. The van der Waals surface area contributed by atoms with Crippen LogP contribution in [-0.4, -0.2) is 0 Å². The maximum absolute atomic E-state index is 2.75. The summed E-state index contributed by atoms with van der Waals surface area (Å²) in [5, 5.41) is 0. The Balaban J connectivity index is 1.31. The lowest BCUT2D eigenvalue weighted by atomic mass is 9.47. The Morgan fingerprint density at radius 2 is 1.70 bits per heavy atom. The van der Waals surface area contributed by atoms with E-state index in [9.17, 15) is 0 Å². The quantitative estimate of drug-likeness (QED) is 0.303. The molecule has 1 aromatic heterocycles. The minimum Gasteiger partial charge on any atom is -0.202 e. The Bertz CT molecular complexity index is 839. The molecular formula is C32H50N+. The monoisotopic (exact) mass is 448 g/mol. The molecule has 0 N–H and O–H groups in total. The largest absolute Gasteiger partial charge is 0.202 e. The maximum Gasteiger partial charge on any atom is 0.169 e. The Morgan fingerprint density at radius 3 is 2.45 bits per heavy atom. The number of rotatable bonds is 6. The molecule has 1 heteroatoms. The van der Waals surface area contributed by atoms with Crippen molar-refractivity contribution in [3.63, 3.8) is 0 Å². The van der Waals surface area contributed by atoms with Crippen molar-refractivity contribution in [1.82, 2.24) is 0 Å². The zero-order chi connectivity index (χ0) is 23.2. The Hall–Kier alpha value is -1.11. The number of fused-ring (bicyclic) bond motifs is 5. The molecule has 33 heavy (non-hydrogen) atoms. The molecule has 5 rings (SSSR count). The topological polar surface area (TPSA) is 3.88 Å². The van der Waals surface area contributed by atoms with Gasteiger partial charge in [-0.15, -0.1) is 0 Å². The van der Waals surface area contributed by atoms with Gasteiger partial charge in [-0.25, -0.2) is 4.57 Å². The smallest absolute Gasteiger partial charge is 0.169 e. The number of hydrogen-bond donors (Lipinski definition) is 0. The zero-order valence-corrected chi connectivity index (χ0v) is 22.2. The highest BCUT2D eigenvalue weighted by molar-refractivity contribution is 5.25. The summed E-state index contributed by atoms with van der Waals surface area (Å²) in [5.41, 5.74) is 2.89. The molecule has 1 heterocycles. The van der Waals surface area contributed by atoms with Crippen molar-refractivity contribution < 1.29 is 4.57 Å². The first-order chi connectivity index (χ1) is 15.8. The molecule has 4 unspecified atom stereocenters. The highest BCUT2D eigenvalue weighted by Gasteiger charge is 2.59. The molecule has 1 aromatic rings. The van der Waals surface area contributed by atoms with Crippen LogP contribution >= 0.6 is 0 Å². The maximum atomic E-state index is 2.75. The van der Waals surface area contributed by atoms with E-state index in [2.05, 4.69) is 75.9 Å². The van der Waals surface area contributed by atoms with Crippen molar-refractivity contribution in [2.45, 2.75) is 111 Å². The van der Waals surface area contributed by atoms with E-state index in [1.54, 1.807) is 0 Å². The predicted octanol–water partition coefficient (Wildman–Crippen LogP) is 8.56. The molecule has 4 aliphatic carbocycles. The predicted molar refractivity (Wildman–Crippen MR) is 139 cm³/mol. The van der Waals surface area contributed by atoms with E-state index in [4.69, 9.17) is 0 Å². The summed E-state index contributed by atoms with van der Waals surface area (Å²) in [6.07, 6.45) is 23.0. The van der Waals surface area contributed by atoms with E-state index in [-0.39, 0.29) is 0 Å². The zero-order valence-electron chi connectivity index (χ0n) is 22.2. The summed E-state index contributed by atoms with van der Waals surface area (Å²) in [6.45, 7) is 12.8. The molecular weight excluding hydrogens is 398 g/mol. The van der Waals surface area contributed by atoms with Crippen LogP contribution in [0.25, 0.3) is 0 Å². The minimum absolute atomic E-state index is 0.469. The number of nitrogens with zero attached hydrogens (tertiary/aromatic N) is 1. The van der Waals surface area contributed by atoms with Gasteiger partial charge in [0, 0.05) is 25.0 Å². The average molecular weight is 449 g/mol. The first kappa shape index (κ1) is 23.6. The number of allylic oxidation sites excluding steroid dienone is 2. The lowest BCUT2D eigenvalue weighted by molar-refractivity contribution is -0.725. The minimum atomic E-state index is 0.469. The van der Waals surface area contributed by atoms with E-state index >= 15 is 0 Å². The van der Waals surface area contributed by atoms with Gasteiger partial charge in [0.25, 0.3) is 0 Å². The van der Waals surface area contributed by atoms with Crippen LogP contribution in [0.15, 0.2) is 42.2 Å². The normalized spacial score (nSPS) is 41.2. The van der Waals surface area contributed by atoms with Gasteiger partial charge in [-0.3, -0.25) is 0 Å². The summed E-state index contributed by atoms with van der Waals surface area (Å²) in [7, 11) is 0. The van der Waals surface area contributed by atoms with Crippen molar-refractivity contribution in [3.05, 3.63) is 42.2 Å². The molecule has 8 atom stereocenters. The van der Waals surface area contributed by atoms with Crippen LogP contribution in [0, 0.1) is 46.3 Å². The van der Waals surface area contributed by atoms with E-state index in [0.29, 0.717) is 16.9 Å². The van der Waals surface area contributed by atoms with Crippen LogP contribution in [0.1, 0.15) is 111 Å². The van der Waals surface area contributed by atoms with Crippen LogP contribution in [0.2, 0.25) is 0 Å². The third-order valence-corrected chi connectivity index (χ3v) is 11.4. The van der Waals surface area contributed by atoms with E-state index < -0.39 is 0 Å². The highest BCUT2D eigenvalue weighted by atomic mass is 15.0. The molecule has 1 nitrogen and oxygen atoms in total. The number of hydrogen-bond acceptors (Lipinski definition) is 0. The third kappa shape index (κ3) is 4.14. The van der Waals surface area contributed by atoms with Gasteiger partial charge in [0.15, 0.2) is 18.4 Å². The molecule has 3 saturated carbocycles. The van der Waals surface area contributed by atoms with Gasteiger partial charge in [-0.2, -0.15) is 0 Å². The van der Waals surface area contributed by atoms with Crippen molar-refractivity contribution in [1.29, 1.82) is 0 Å². The van der Waals surface area contributed by atoms with Gasteiger partial charge < -0.3 is 0 Å². The molecule has 3 fully saturated rings. The SMILES string of the molecule is CC(C)CCC[C@@H](C)[C@H]1CCC2C3CC=C4CC([n+]5ccccc5)CC[C@]4(C)C3CC[C@@]21C. The van der Waals surface area contributed by atoms with Crippen molar-refractivity contribution in [2.24, 2.45) is 46.3 Å². The van der Waals surface area contributed by atoms with Crippen LogP contribution < -0.4 is 4.57 Å². The molecule has 0 amide bonds. The second kappa shape index (κ2) is 9.16. The fraction of sp³-hybridized carbons (Fsp3) is 0.781. The summed E-state index contributed by atoms with van der Waals surface area (Å²) >= 11 is 0. The Labute approximate surface area is 204 Å². The van der Waals surface area contributed by atoms with Gasteiger partial charge in [-0.05, 0) is 84.9 Å². The number of pyridine rings is 1. The number of aromatic nitrogens is 1. The van der Waals surface area contributed by atoms with Gasteiger partial charge >= 0.3 is 0 Å². The second-order valence-corrected chi connectivity index (χ2v) is 13.5. The summed E-state index contributed by atoms with van der Waals surface area (Å²) in [6, 6.07) is 7.20. The van der Waals surface area contributed by atoms with Crippen LogP contribution in [0.5, 0.6) is 0 Å². The third-order valence-electron chi connectivity index (χ3n) is 11.4. The summed E-state index contributed by atoms with van der Waals surface area (Å²) < 4.78 is 2.48. The molecule has 0 spiro atoms. The van der Waals surface area contributed by atoms with Crippen LogP contribution in [0.3, 0.4) is 0 Å². The second-order valence-electron chi connectivity index (χ2n) is 13.5. The van der Waals surface area contributed by atoms with E-state index in [1.807, 2.05) is 5.57 Å². The van der Waals surface area contributed by atoms with Gasteiger partial charge in [0.1, 0.15) is 0 Å². The van der Waals surface area contributed by atoms with Crippen molar-refractivity contribution in [2.75, 3.05) is 0 Å². The first-order valence-corrected chi connectivity index (χ1v) is 14.5. The molecule has 0 aliphatic heterocycles. The van der Waals surface area contributed by atoms with Crippen LogP contribution in [0.4, 0.5) is 0 Å². The van der Waals surface area contributed by atoms with Gasteiger partial charge in [0.2, 0.25) is 0 Å². The van der Waals surface area contributed by atoms with Crippen molar-refractivity contribution >= 4 is 0 Å². The fourth-order valence-corrected chi connectivity index (χ4v) is 9.58. The molecule has 0 radical (unpaired) electrons.